The van der Waals surface area contributed by atoms with Gasteiger partial charge in [-0.15, -0.1) is 0 Å². The van der Waals surface area contributed by atoms with Crippen LogP contribution in [0.2, 0.25) is 0 Å². The highest BCUT2D eigenvalue weighted by Crippen LogP contribution is 2.47. The first-order valence-electron chi connectivity index (χ1n) is 16.8. The molecule has 2 aliphatic carbocycles. The molecule has 2 unspecified atom stereocenters. The fourth-order valence-corrected chi connectivity index (χ4v) is 8.05. The summed E-state index contributed by atoms with van der Waals surface area (Å²) in [4.78, 5) is 47.6. The van der Waals surface area contributed by atoms with E-state index in [4.69, 9.17) is 19.9 Å². The molecular formula is C34H44FN5O8S. The third-order valence-electron chi connectivity index (χ3n) is 10.3. The number of aromatic nitrogens is 1. The number of amides is 3. The number of hydrogen-bond donors (Lipinski definition) is 3. The van der Waals surface area contributed by atoms with Crippen LogP contribution in [0.4, 0.5) is 4.39 Å². The van der Waals surface area contributed by atoms with Crippen LogP contribution in [0, 0.1) is 11.7 Å². The van der Waals surface area contributed by atoms with E-state index in [1.807, 2.05) is 26.0 Å². The second-order valence-corrected chi connectivity index (χ2v) is 16.1. The molecule has 3 heterocycles. The molecule has 6 rings (SSSR count). The Balaban J connectivity index is 1.32. The third kappa shape index (κ3) is 6.72. The standard InChI is InChI=1S/C34H44FN5O8S/c1-5-26-28(36)31(42)40-18-22(48-30-23-16-24(35)27(46-4)14-20(23)10-13-37-30)15-25(40)29(41)38-34(17-21(34)9-7-6-8-19(2)47-26)32(43)39-49(44,45)33(3)11-12-33/h7,9-10,13-14,16,19,21-22,25-26,28H,5-6,8,11-12,15,17-18,36H2,1-4H3,(H,38,41)(H,39,43)/b9-7-/t19-,21?,22-,25+,26+,28+,34?/m1/s1. The summed E-state index contributed by atoms with van der Waals surface area (Å²) in [6.07, 6.45) is 6.33. The van der Waals surface area contributed by atoms with Gasteiger partial charge in [-0.2, -0.15) is 0 Å². The molecule has 1 aromatic heterocycles. The predicted molar refractivity (Wildman–Crippen MR) is 177 cm³/mol. The van der Waals surface area contributed by atoms with Crippen molar-refractivity contribution < 1.29 is 41.4 Å². The van der Waals surface area contributed by atoms with Crippen molar-refractivity contribution >= 4 is 38.5 Å². The van der Waals surface area contributed by atoms with Gasteiger partial charge in [0.2, 0.25) is 27.7 Å². The first-order valence-corrected chi connectivity index (χ1v) is 18.3. The van der Waals surface area contributed by atoms with Gasteiger partial charge in [0.05, 0.1) is 30.6 Å². The van der Waals surface area contributed by atoms with Gasteiger partial charge < -0.3 is 30.2 Å². The molecule has 1 aromatic carbocycles. The van der Waals surface area contributed by atoms with Gasteiger partial charge >= 0.3 is 0 Å². The van der Waals surface area contributed by atoms with Crippen LogP contribution in [-0.4, -0.2) is 90.4 Å². The number of benzene rings is 1. The molecule has 7 atom stereocenters. The maximum atomic E-state index is 14.7. The molecule has 2 aliphatic heterocycles. The lowest BCUT2D eigenvalue weighted by atomic mass is 10.1. The minimum atomic E-state index is -3.98. The van der Waals surface area contributed by atoms with Crippen LogP contribution in [0.1, 0.15) is 65.7 Å². The molecule has 15 heteroatoms. The van der Waals surface area contributed by atoms with Crippen LogP contribution in [0.5, 0.6) is 11.6 Å². The van der Waals surface area contributed by atoms with Gasteiger partial charge in [-0.3, -0.25) is 19.1 Å². The number of ether oxygens (including phenoxy) is 3. The summed E-state index contributed by atoms with van der Waals surface area (Å²) >= 11 is 0. The normalized spacial score (nSPS) is 32.2. The van der Waals surface area contributed by atoms with Crippen molar-refractivity contribution in [2.75, 3.05) is 13.7 Å². The van der Waals surface area contributed by atoms with Gasteiger partial charge in [0.25, 0.3) is 5.91 Å². The number of fused-ring (bicyclic) bond motifs is 3. The van der Waals surface area contributed by atoms with Crippen molar-refractivity contribution in [1.29, 1.82) is 0 Å². The zero-order valence-electron chi connectivity index (χ0n) is 28.1. The number of carbonyl (C=O) groups excluding carboxylic acids is 3. The average molecular weight is 702 g/mol. The predicted octanol–water partition coefficient (Wildman–Crippen LogP) is 2.47. The molecule has 3 amide bonds. The van der Waals surface area contributed by atoms with Gasteiger partial charge in [-0.05, 0) is 76.0 Å². The largest absolute Gasteiger partial charge is 0.494 e. The summed E-state index contributed by atoms with van der Waals surface area (Å²) in [5.74, 6) is -2.90. The third-order valence-corrected chi connectivity index (χ3v) is 12.5. The monoisotopic (exact) mass is 701 g/mol. The fraction of sp³-hybridized carbons (Fsp3) is 0.588. The van der Waals surface area contributed by atoms with Gasteiger partial charge in [-0.1, -0.05) is 19.1 Å². The fourth-order valence-electron chi connectivity index (χ4n) is 6.74. The second kappa shape index (κ2) is 13.1. The van der Waals surface area contributed by atoms with Crippen molar-refractivity contribution in [1.82, 2.24) is 19.9 Å². The number of nitrogens with zero attached hydrogens (tertiary/aromatic N) is 2. The highest BCUT2D eigenvalue weighted by Gasteiger charge is 2.63. The van der Waals surface area contributed by atoms with Crippen molar-refractivity contribution in [2.24, 2.45) is 11.7 Å². The molecule has 1 saturated heterocycles. The van der Waals surface area contributed by atoms with Crippen molar-refractivity contribution in [3.05, 3.63) is 42.4 Å². The first-order chi connectivity index (χ1) is 23.2. The Morgan fingerprint density at radius 3 is 2.73 bits per heavy atom. The van der Waals surface area contributed by atoms with Gasteiger partial charge in [-0.25, -0.2) is 17.8 Å². The molecule has 3 fully saturated rings. The number of rotatable bonds is 7. The van der Waals surface area contributed by atoms with E-state index in [9.17, 15) is 27.2 Å². The zero-order valence-corrected chi connectivity index (χ0v) is 28.9. The Hall–Kier alpha value is -3.82. The Kier molecular flexibility index (Phi) is 9.39. The molecule has 4 N–H and O–H groups in total. The number of methoxy groups -OCH3 is 1. The number of sulfonamides is 1. The van der Waals surface area contributed by atoms with E-state index in [1.54, 1.807) is 13.0 Å². The van der Waals surface area contributed by atoms with E-state index < -0.39 is 74.1 Å². The summed E-state index contributed by atoms with van der Waals surface area (Å²) in [5, 5.41) is 3.82. The average Bonchev–Trinajstić information content (AvgIpc) is 3.94. The topological polar surface area (TPSA) is 179 Å². The zero-order chi connectivity index (χ0) is 35.3. The summed E-state index contributed by atoms with van der Waals surface area (Å²) < 4.78 is 59.5. The van der Waals surface area contributed by atoms with E-state index >= 15 is 0 Å². The first kappa shape index (κ1) is 35.0. The van der Waals surface area contributed by atoms with E-state index in [0.29, 0.717) is 42.9 Å². The molecule has 266 valence electrons. The Morgan fingerprint density at radius 2 is 2.04 bits per heavy atom. The summed E-state index contributed by atoms with van der Waals surface area (Å²) in [5.41, 5.74) is 5.00. The van der Waals surface area contributed by atoms with Crippen molar-refractivity contribution in [2.45, 2.75) is 106 Å². The smallest absolute Gasteiger partial charge is 0.259 e. The number of nitrogens with one attached hydrogen (secondary N) is 2. The Morgan fingerprint density at radius 1 is 1.29 bits per heavy atom. The van der Waals surface area contributed by atoms with E-state index in [1.165, 1.54) is 30.3 Å². The molecule has 0 radical (unpaired) electrons. The lowest BCUT2D eigenvalue weighted by Gasteiger charge is -2.32. The highest BCUT2D eigenvalue weighted by molar-refractivity contribution is 7.91. The summed E-state index contributed by atoms with van der Waals surface area (Å²) in [6.45, 7) is 5.29. The van der Waals surface area contributed by atoms with E-state index in [0.717, 1.165) is 0 Å². The molecule has 49 heavy (non-hydrogen) atoms. The Bertz CT molecular complexity index is 1780. The minimum absolute atomic E-state index is 0.00360. The molecule has 13 nitrogen and oxygen atoms in total. The lowest BCUT2D eigenvalue weighted by Crippen LogP contribution is -2.59. The van der Waals surface area contributed by atoms with Crippen LogP contribution in [0.3, 0.4) is 0 Å². The number of allylic oxidation sites excluding steroid dienone is 1. The van der Waals surface area contributed by atoms with Gasteiger partial charge in [0, 0.05) is 23.9 Å². The van der Waals surface area contributed by atoms with Crippen LogP contribution >= 0.6 is 0 Å². The van der Waals surface area contributed by atoms with Crippen LogP contribution in [0.25, 0.3) is 10.8 Å². The SMILES string of the molecule is CC[C@@H]1O[C@H](C)CC/C=C\C2CC2(C(=O)NS(=O)(=O)C2(C)CC2)NC(=O)[C@@H]2C[C@@H](Oc3nccc4cc(OC)c(F)cc34)CN2C(=O)[C@H]1N. The van der Waals surface area contributed by atoms with Gasteiger partial charge in [0.1, 0.15) is 23.7 Å². The maximum absolute atomic E-state index is 14.7. The minimum Gasteiger partial charge on any atom is -0.494 e. The molecule has 2 aromatic rings. The summed E-state index contributed by atoms with van der Waals surface area (Å²) in [7, 11) is -2.62. The number of nitrogens with two attached hydrogens (primary N) is 1. The Labute approximate surface area is 285 Å². The molecular weight excluding hydrogens is 657 g/mol. The van der Waals surface area contributed by atoms with Crippen LogP contribution in [-0.2, 0) is 29.1 Å². The van der Waals surface area contributed by atoms with Crippen molar-refractivity contribution in [3.8, 4) is 11.6 Å². The number of pyridine rings is 1. The number of carbonyl (C=O) groups is 3. The maximum Gasteiger partial charge on any atom is 0.259 e. The molecule has 2 saturated carbocycles. The number of halogens is 1. The lowest BCUT2D eigenvalue weighted by molar-refractivity contribution is -0.144. The molecule has 0 bridgehead atoms. The van der Waals surface area contributed by atoms with E-state index in [-0.39, 0.29) is 37.1 Å². The summed E-state index contributed by atoms with van der Waals surface area (Å²) in [6, 6.07) is 2.23. The number of hydrogen-bond acceptors (Lipinski definition) is 10. The quantitative estimate of drug-likeness (QED) is 0.363. The molecule has 0 spiro atoms. The molecule has 4 aliphatic rings. The van der Waals surface area contributed by atoms with Crippen LogP contribution < -0.4 is 25.2 Å². The highest BCUT2D eigenvalue weighted by atomic mass is 32.2. The van der Waals surface area contributed by atoms with Crippen LogP contribution in [0.15, 0.2) is 36.5 Å². The van der Waals surface area contributed by atoms with Gasteiger partial charge in [0.15, 0.2) is 11.6 Å². The second-order valence-electron chi connectivity index (χ2n) is 13.9. The van der Waals surface area contributed by atoms with E-state index in [2.05, 4.69) is 15.0 Å². The van der Waals surface area contributed by atoms with Crippen molar-refractivity contribution in [3.63, 3.8) is 0 Å².